The Hall–Kier alpha value is -2.40. The number of halogens is 1. The summed E-state index contributed by atoms with van der Waals surface area (Å²) in [5.74, 6) is 0.107. The van der Waals surface area contributed by atoms with E-state index < -0.39 is 0 Å². The maximum atomic E-state index is 12.0. The minimum atomic E-state index is -0.263. The van der Waals surface area contributed by atoms with Crippen molar-refractivity contribution >= 4 is 29.1 Å². The predicted octanol–water partition coefficient (Wildman–Crippen LogP) is 3.41. The third kappa shape index (κ3) is 4.05. The summed E-state index contributed by atoms with van der Waals surface area (Å²) in [5.41, 5.74) is 2.82. The van der Waals surface area contributed by atoms with E-state index in [-0.39, 0.29) is 5.91 Å². The number of hydrogen-bond acceptors (Lipinski definition) is 4. The highest BCUT2D eigenvalue weighted by atomic mass is 35.5. The summed E-state index contributed by atoms with van der Waals surface area (Å²) in [6.07, 6.45) is 1.61. The molecule has 5 nitrogen and oxygen atoms in total. The molecule has 0 aliphatic rings. The smallest absolute Gasteiger partial charge is 0.270 e. The van der Waals surface area contributed by atoms with Gasteiger partial charge in [-0.15, -0.1) is 6.58 Å². The third-order valence-corrected chi connectivity index (χ3v) is 3.16. The number of carbonyl (C=O) groups is 1. The van der Waals surface area contributed by atoms with Gasteiger partial charge in [-0.2, -0.15) is 0 Å². The van der Waals surface area contributed by atoms with Crippen LogP contribution < -0.4 is 10.6 Å². The SMILES string of the molecule is C=CCNC(=O)c1cc(C)nc(Nc2ccc(Cl)cc2C)n1. The maximum Gasteiger partial charge on any atom is 0.270 e. The van der Waals surface area contributed by atoms with Crippen LogP contribution in [0.5, 0.6) is 0 Å². The summed E-state index contributed by atoms with van der Waals surface area (Å²) in [6, 6.07) is 7.11. The molecule has 6 heteroatoms. The van der Waals surface area contributed by atoms with Gasteiger partial charge in [0.2, 0.25) is 5.95 Å². The lowest BCUT2D eigenvalue weighted by molar-refractivity contribution is 0.0953. The van der Waals surface area contributed by atoms with Crippen LogP contribution in [0, 0.1) is 13.8 Å². The second-order valence-corrected chi connectivity index (χ2v) is 5.24. The average Bonchev–Trinajstić information content (AvgIpc) is 2.47. The Morgan fingerprint density at radius 2 is 2.09 bits per heavy atom. The first-order chi connectivity index (χ1) is 10.5. The van der Waals surface area contributed by atoms with E-state index in [2.05, 4.69) is 27.2 Å². The molecule has 0 unspecified atom stereocenters. The molecule has 0 spiro atoms. The van der Waals surface area contributed by atoms with Crippen LogP contribution in [0.3, 0.4) is 0 Å². The second-order valence-electron chi connectivity index (χ2n) is 4.80. The Bertz CT molecular complexity index is 715. The molecule has 22 heavy (non-hydrogen) atoms. The Balaban J connectivity index is 2.26. The van der Waals surface area contributed by atoms with Gasteiger partial charge in [0.05, 0.1) is 0 Å². The normalized spacial score (nSPS) is 10.1. The number of nitrogens with one attached hydrogen (secondary N) is 2. The van der Waals surface area contributed by atoms with Crippen LogP contribution >= 0.6 is 11.6 Å². The molecule has 114 valence electrons. The second kappa shape index (κ2) is 7.04. The standard InChI is InChI=1S/C16H17ClN4O/c1-4-7-18-15(22)14-9-11(3)19-16(21-14)20-13-6-5-12(17)8-10(13)2/h4-6,8-9H,1,7H2,2-3H3,(H,18,22)(H,19,20,21). The fourth-order valence-electron chi connectivity index (χ4n) is 1.88. The minimum Gasteiger partial charge on any atom is -0.347 e. The Labute approximate surface area is 134 Å². The molecule has 1 aromatic carbocycles. The summed E-state index contributed by atoms with van der Waals surface area (Å²) >= 11 is 5.94. The number of aryl methyl sites for hydroxylation is 2. The van der Waals surface area contributed by atoms with Gasteiger partial charge in [0.1, 0.15) is 5.69 Å². The van der Waals surface area contributed by atoms with Crippen molar-refractivity contribution in [2.45, 2.75) is 13.8 Å². The average molecular weight is 317 g/mol. The van der Waals surface area contributed by atoms with Gasteiger partial charge in [-0.3, -0.25) is 4.79 Å². The minimum absolute atomic E-state index is 0.263. The van der Waals surface area contributed by atoms with Crippen LogP contribution in [-0.4, -0.2) is 22.4 Å². The third-order valence-electron chi connectivity index (χ3n) is 2.93. The monoisotopic (exact) mass is 316 g/mol. The molecule has 0 aliphatic carbocycles. The largest absolute Gasteiger partial charge is 0.347 e. The number of anilines is 2. The Morgan fingerprint density at radius 3 is 2.77 bits per heavy atom. The van der Waals surface area contributed by atoms with Gasteiger partial charge in [0.25, 0.3) is 5.91 Å². The molecule has 2 N–H and O–H groups in total. The van der Waals surface area contributed by atoms with Gasteiger partial charge in [0, 0.05) is 22.9 Å². The summed E-state index contributed by atoms with van der Waals surface area (Å²) in [6.45, 7) is 7.70. The van der Waals surface area contributed by atoms with Gasteiger partial charge in [-0.05, 0) is 43.7 Å². The van der Waals surface area contributed by atoms with E-state index in [4.69, 9.17) is 11.6 Å². The molecular formula is C16H17ClN4O. The fraction of sp³-hybridized carbons (Fsp3) is 0.188. The molecule has 0 saturated carbocycles. The zero-order chi connectivity index (χ0) is 16.1. The summed E-state index contributed by atoms with van der Waals surface area (Å²) in [5, 5.41) is 6.47. The van der Waals surface area contributed by atoms with Crippen molar-refractivity contribution in [3.63, 3.8) is 0 Å². The highest BCUT2D eigenvalue weighted by molar-refractivity contribution is 6.30. The van der Waals surface area contributed by atoms with E-state index in [0.717, 1.165) is 11.3 Å². The van der Waals surface area contributed by atoms with Crippen LogP contribution in [0.4, 0.5) is 11.6 Å². The molecule has 1 aromatic heterocycles. The van der Waals surface area contributed by atoms with E-state index in [1.165, 1.54) is 0 Å². The van der Waals surface area contributed by atoms with E-state index in [9.17, 15) is 4.79 Å². The van der Waals surface area contributed by atoms with Gasteiger partial charge < -0.3 is 10.6 Å². The summed E-state index contributed by atoms with van der Waals surface area (Å²) in [4.78, 5) is 20.5. The number of rotatable bonds is 5. The fourth-order valence-corrected chi connectivity index (χ4v) is 2.11. The highest BCUT2D eigenvalue weighted by Gasteiger charge is 2.10. The van der Waals surface area contributed by atoms with Crippen molar-refractivity contribution in [1.82, 2.24) is 15.3 Å². The lowest BCUT2D eigenvalue weighted by Gasteiger charge is -2.10. The van der Waals surface area contributed by atoms with Gasteiger partial charge in [0.15, 0.2) is 0 Å². The Kier molecular flexibility index (Phi) is 5.12. The first-order valence-corrected chi connectivity index (χ1v) is 7.15. The summed E-state index contributed by atoms with van der Waals surface area (Å²) in [7, 11) is 0. The van der Waals surface area contributed by atoms with Crippen LogP contribution in [0.25, 0.3) is 0 Å². The molecule has 0 radical (unpaired) electrons. The molecule has 2 aromatic rings. The van der Waals surface area contributed by atoms with Gasteiger partial charge in [-0.25, -0.2) is 9.97 Å². The van der Waals surface area contributed by atoms with Crippen molar-refractivity contribution in [2.75, 3.05) is 11.9 Å². The van der Waals surface area contributed by atoms with Gasteiger partial charge >= 0.3 is 0 Å². The van der Waals surface area contributed by atoms with E-state index in [1.807, 2.05) is 26.0 Å². The van der Waals surface area contributed by atoms with Crippen LogP contribution in [-0.2, 0) is 0 Å². The number of benzene rings is 1. The molecule has 0 fully saturated rings. The molecular weight excluding hydrogens is 300 g/mol. The van der Waals surface area contributed by atoms with Crippen molar-refractivity contribution in [2.24, 2.45) is 0 Å². The number of nitrogens with zero attached hydrogens (tertiary/aromatic N) is 2. The Morgan fingerprint density at radius 1 is 1.32 bits per heavy atom. The number of aromatic nitrogens is 2. The first-order valence-electron chi connectivity index (χ1n) is 6.77. The molecule has 2 rings (SSSR count). The number of carbonyl (C=O) groups excluding carboxylic acids is 1. The zero-order valence-corrected chi connectivity index (χ0v) is 13.2. The van der Waals surface area contributed by atoms with Crippen LogP contribution in [0.15, 0.2) is 36.9 Å². The molecule has 1 heterocycles. The molecule has 0 aliphatic heterocycles. The molecule has 1 amide bonds. The van der Waals surface area contributed by atoms with Crippen LogP contribution in [0.1, 0.15) is 21.7 Å². The van der Waals surface area contributed by atoms with E-state index in [0.29, 0.717) is 28.9 Å². The molecule has 0 bridgehead atoms. The molecule has 0 saturated heterocycles. The lowest BCUT2D eigenvalue weighted by Crippen LogP contribution is -2.24. The predicted molar refractivity (Wildman–Crippen MR) is 88.8 cm³/mol. The first kappa shape index (κ1) is 16.0. The van der Waals surface area contributed by atoms with Crippen molar-refractivity contribution in [3.8, 4) is 0 Å². The van der Waals surface area contributed by atoms with Crippen molar-refractivity contribution in [3.05, 3.63) is 58.9 Å². The van der Waals surface area contributed by atoms with Gasteiger partial charge in [-0.1, -0.05) is 17.7 Å². The summed E-state index contributed by atoms with van der Waals surface area (Å²) < 4.78 is 0. The van der Waals surface area contributed by atoms with Crippen molar-refractivity contribution in [1.29, 1.82) is 0 Å². The topological polar surface area (TPSA) is 66.9 Å². The highest BCUT2D eigenvalue weighted by Crippen LogP contribution is 2.22. The van der Waals surface area contributed by atoms with Crippen molar-refractivity contribution < 1.29 is 4.79 Å². The molecule has 0 atom stereocenters. The number of amides is 1. The quantitative estimate of drug-likeness (QED) is 0.830. The zero-order valence-electron chi connectivity index (χ0n) is 12.5. The van der Waals surface area contributed by atoms with Crippen LogP contribution in [0.2, 0.25) is 5.02 Å². The maximum absolute atomic E-state index is 12.0. The number of hydrogen-bond donors (Lipinski definition) is 2. The van der Waals surface area contributed by atoms with E-state index in [1.54, 1.807) is 18.2 Å². The van der Waals surface area contributed by atoms with E-state index >= 15 is 0 Å². The lowest BCUT2D eigenvalue weighted by atomic mass is 10.2.